The summed E-state index contributed by atoms with van der Waals surface area (Å²) in [5.41, 5.74) is 0.113. The second kappa shape index (κ2) is 3.50. The van der Waals surface area contributed by atoms with Gasteiger partial charge in [-0.2, -0.15) is 0 Å². The van der Waals surface area contributed by atoms with Crippen LogP contribution in [-0.2, 0) is 19.7 Å². The van der Waals surface area contributed by atoms with E-state index < -0.39 is 17.4 Å². The Morgan fingerprint density at radius 2 is 1.93 bits per heavy atom. The van der Waals surface area contributed by atoms with E-state index in [1.165, 1.54) is 0 Å². The van der Waals surface area contributed by atoms with Gasteiger partial charge in [0, 0.05) is 0 Å². The third-order valence-electron chi connectivity index (χ3n) is 2.97. The summed E-state index contributed by atoms with van der Waals surface area (Å²) >= 11 is 0. The van der Waals surface area contributed by atoms with Gasteiger partial charge in [-0.15, -0.1) is 0 Å². The van der Waals surface area contributed by atoms with Crippen molar-refractivity contribution in [2.75, 3.05) is 0 Å². The first-order valence-electron chi connectivity index (χ1n) is 4.99. The average Bonchev–Trinajstić information content (AvgIpc) is 2.56. The molecule has 1 fully saturated rings. The Morgan fingerprint density at radius 3 is 2.40 bits per heavy atom. The Hall–Kier alpha value is -1.64. The van der Waals surface area contributed by atoms with Gasteiger partial charge < -0.3 is 4.74 Å². The fourth-order valence-corrected chi connectivity index (χ4v) is 2.01. The van der Waals surface area contributed by atoms with Crippen LogP contribution in [-0.4, -0.2) is 11.9 Å². The molecule has 15 heavy (non-hydrogen) atoms. The van der Waals surface area contributed by atoms with Crippen molar-refractivity contribution < 1.29 is 14.3 Å². The van der Waals surface area contributed by atoms with E-state index in [9.17, 15) is 9.59 Å². The molecule has 0 aliphatic carbocycles. The highest BCUT2D eigenvalue weighted by molar-refractivity contribution is 6.01. The molecule has 1 aromatic rings. The molecule has 0 radical (unpaired) electrons. The Kier molecular flexibility index (Phi) is 2.31. The second-order valence-corrected chi connectivity index (χ2v) is 3.74. The maximum atomic E-state index is 11.7. The minimum atomic E-state index is -0.752. The van der Waals surface area contributed by atoms with Crippen LogP contribution in [0.2, 0.25) is 0 Å². The lowest BCUT2D eigenvalue weighted by Crippen LogP contribution is -2.30. The van der Waals surface area contributed by atoms with Gasteiger partial charge in [0.15, 0.2) is 0 Å². The van der Waals surface area contributed by atoms with Crippen molar-refractivity contribution in [1.82, 2.24) is 0 Å². The minimum absolute atomic E-state index is 0.159. The first-order valence-corrected chi connectivity index (χ1v) is 4.99. The van der Waals surface area contributed by atoms with Crippen LogP contribution in [0.15, 0.2) is 30.3 Å². The van der Waals surface area contributed by atoms with Crippen molar-refractivity contribution in [3.05, 3.63) is 35.9 Å². The first-order chi connectivity index (χ1) is 7.19. The lowest BCUT2D eigenvalue weighted by atomic mass is 9.77. The van der Waals surface area contributed by atoms with Crippen LogP contribution in [0.3, 0.4) is 0 Å². The molecule has 0 aromatic heterocycles. The van der Waals surface area contributed by atoms with Crippen LogP contribution in [0, 0.1) is 0 Å². The molecule has 1 aliphatic heterocycles. The van der Waals surface area contributed by atoms with E-state index in [-0.39, 0.29) is 6.42 Å². The average molecular weight is 204 g/mol. The molecular formula is C12H12O3. The Balaban J connectivity index is 2.47. The maximum absolute atomic E-state index is 11.7. The Labute approximate surface area is 88.1 Å². The van der Waals surface area contributed by atoms with E-state index in [1.807, 2.05) is 37.3 Å². The summed E-state index contributed by atoms with van der Waals surface area (Å²) in [4.78, 5) is 22.9. The predicted molar refractivity (Wildman–Crippen MR) is 54.1 cm³/mol. The minimum Gasteiger partial charge on any atom is -0.392 e. The standard InChI is InChI=1S/C12H12O3/c1-2-12(8-10(13)15-11(12)14)9-6-4-3-5-7-9/h3-7H,2,8H2,1H3/t12-/m1/s1. The third-order valence-corrected chi connectivity index (χ3v) is 2.97. The molecule has 0 bridgehead atoms. The zero-order valence-electron chi connectivity index (χ0n) is 8.53. The zero-order chi connectivity index (χ0) is 10.9. The second-order valence-electron chi connectivity index (χ2n) is 3.74. The van der Waals surface area contributed by atoms with Gasteiger partial charge in [-0.25, -0.2) is 0 Å². The summed E-state index contributed by atoms with van der Waals surface area (Å²) in [5.74, 6) is -0.841. The van der Waals surface area contributed by atoms with Gasteiger partial charge in [-0.05, 0) is 12.0 Å². The smallest absolute Gasteiger partial charge is 0.324 e. The number of esters is 2. The van der Waals surface area contributed by atoms with E-state index in [0.717, 1.165) is 5.56 Å². The molecule has 3 heteroatoms. The van der Waals surface area contributed by atoms with Crippen molar-refractivity contribution in [2.45, 2.75) is 25.2 Å². The summed E-state index contributed by atoms with van der Waals surface area (Å²) in [6.45, 7) is 1.90. The van der Waals surface area contributed by atoms with Crippen molar-refractivity contribution in [3.8, 4) is 0 Å². The number of carbonyl (C=O) groups excluding carboxylic acids is 2. The van der Waals surface area contributed by atoms with Crippen LogP contribution in [0.1, 0.15) is 25.3 Å². The molecule has 2 rings (SSSR count). The van der Waals surface area contributed by atoms with Gasteiger partial charge in [0.2, 0.25) is 0 Å². The number of cyclic esters (lactones) is 2. The van der Waals surface area contributed by atoms with Crippen molar-refractivity contribution in [1.29, 1.82) is 0 Å². The highest BCUT2D eigenvalue weighted by Gasteiger charge is 2.48. The summed E-state index contributed by atoms with van der Waals surface area (Å²) < 4.78 is 4.64. The van der Waals surface area contributed by atoms with Gasteiger partial charge in [0.05, 0.1) is 6.42 Å². The zero-order valence-corrected chi connectivity index (χ0v) is 8.53. The normalized spacial score (nSPS) is 25.4. The molecule has 1 atom stereocenters. The number of benzene rings is 1. The van der Waals surface area contributed by atoms with E-state index in [1.54, 1.807) is 0 Å². The summed E-state index contributed by atoms with van der Waals surface area (Å²) in [6, 6.07) is 9.34. The Morgan fingerprint density at radius 1 is 1.27 bits per heavy atom. The van der Waals surface area contributed by atoms with Crippen LogP contribution >= 0.6 is 0 Å². The molecule has 1 heterocycles. The van der Waals surface area contributed by atoms with E-state index in [0.29, 0.717) is 6.42 Å². The van der Waals surface area contributed by atoms with Gasteiger partial charge in [0.25, 0.3) is 0 Å². The highest BCUT2D eigenvalue weighted by Crippen LogP contribution is 2.37. The van der Waals surface area contributed by atoms with E-state index >= 15 is 0 Å². The fraction of sp³-hybridized carbons (Fsp3) is 0.333. The van der Waals surface area contributed by atoms with Crippen LogP contribution in [0.4, 0.5) is 0 Å². The van der Waals surface area contributed by atoms with Gasteiger partial charge in [0.1, 0.15) is 5.41 Å². The number of ether oxygens (including phenoxy) is 1. The highest BCUT2D eigenvalue weighted by atomic mass is 16.6. The van der Waals surface area contributed by atoms with Gasteiger partial charge in [-0.1, -0.05) is 37.3 Å². The molecule has 1 aromatic carbocycles. The quantitative estimate of drug-likeness (QED) is 0.545. The molecule has 78 valence electrons. The SMILES string of the molecule is CC[C@]1(c2ccccc2)CC(=O)OC1=O. The molecule has 1 saturated heterocycles. The molecule has 0 spiro atoms. The van der Waals surface area contributed by atoms with Gasteiger partial charge >= 0.3 is 11.9 Å². The predicted octanol–water partition coefficient (Wildman–Crippen LogP) is 1.81. The van der Waals surface area contributed by atoms with Crippen LogP contribution < -0.4 is 0 Å². The lowest BCUT2D eigenvalue weighted by molar-refractivity contribution is -0.153. The van der Waals surface area contributed by atoms with E-state index in [4.69, 9.17) is 0 Å². The van der Waals surface area contributed by atoms with Crippen LogP contribution in [0.25, 0.3) is 0 Å². The molecule has 1 aliphatic rings. The van der Waals surface area contributed by atoms with Crippen molar-refractivity contribution >= 4 is 11.9 Å². The van der Waals surface area contributed by atoms with E-state index in [2.05, 4.69) is 4.74 Å². The van der Waals surface area contributed by atoms with Crippen molar-refractivity contribution in [3.63, 3.8) is 0 Å². The number of hydrogen-bond acceptors (Lipinski definition) is 3. The summed E-state index contributed by atoms with van der Waals surface area (Å²) in [6.07, 6.45) is 0.744. The number of hydrogen-bond donors (Lipinski definition) is 0. The summed E-state index contributed by atoms with van der Waals surface area (Å²) in [5, 5.41) is 0. The van der Waals surface area contributed by atoms with Gasteiger partial charge in [-0.3, -0.25) is 9.59 Å². The Bertz CT molecular complexity index is 397. The summed E-state index contributed by atoms with van der Waals surface area (Å²) in [7, 11) is 0. The van der Waals surface area contributed by atoms with Crippen molar-refractivity contribution in [2.24, 2.45) is 0 Å². The molecule has 0 unspecified atom stereocenters. The molecule has 0 amide bonds. The lowest BCUT2D eigenvalue weighted by Gasteiger charge is -2.21. The number of carbonyl (C=O) groups is 2. The third kappa shape index (κ3) is 1.44. The fourth-order valence-electron chi connectivity index (χ4n) is 2.01. The largest absolute Gasteiger partial charge is 0.392 e. The monoisotopic (exact) mass is 204 g/mol. The molecule has 0 saturated carbocycles. The molecule has 0 N–H and O–H groups in total. The van der Waals surface area contributed by atoms with Crippen LogP contribution in [0.5, 0.6) is 0 Å². The number of rotatable bonds is 2. The molecule has 3 nitrogen and oxygen atoms in total. The topological polar surface area (TPSA) is 43.4 Å². The maximum Gasteiger partial charge on any atom is 0.324 e. The first kappa shape index (κ1) is 9.90. The molecular weight excluding hydrogens is 192 g/mol.